The van der Waals surface area contributed by atoms with Crippen LogP contribution in [0.15, 0.2) is 78.9 Å². The van der Waals surface area contributed by atoms with Gasteiger partial charge >= 0.3 is 5.97 Å². The normalized spacial score (nSPS) is 19.8. The lowest BCUT2D eigenvalue weighted by molar-refractivity contribution is -0.185. The number of esters is 1. The minimum atomic E-state index is -0.637. The van der Waals surface area contributed by atoms with E-state index in [1.165, 1.54) is 0 Å². The highest BCUT2D eigenvalue weighted by molar-refractivity contribution is 5.89. The zero-order chi connectivity index (χ0) is 23.8. The van der Waals surface area contributed by atoms with Crippen LogP contribution in [-0.4, -0.2) is 43.3 Å². The first kappa shape index (κ1) is 23.6. The van der Waals surface area contributed by atoms with Crippen LogP contribution in [-0.2, 0) is 16.1 Å². The average molecular weight is 465 g/mol. The predicted molar refractivity (Wildman–Crippen MR) is 125 cm³/mol. The van der Waals surface area contributed by atoms with Gasteiger partial charge in [0.1, 0.15) is 30.5 Å². The number of aliphatic hydroxyl groups is 1. The highest BCUT2D eigenvalue weighted by atomic mass is 16.7. The number of hydrogen-bond donors (Lipinski definition) is 1. The van der Waals surface area contributed by atoms with Crippen molar-refractivity contribution in [2.45, 2.75) is 37.9 Å². The molecule has 0 spiro atoms. The number of carbonyl (C=O) groups excluding carboxylic acids is 1. The Bertz CT molecular complexity index is 1030. The molecule has 34 heavy (non-hydrogen) atoms. The summed E-state index contributed by atoms with van der Waals surface area (Å²) in [6.07, 6.45) is -1.02. The fourth-order valence-corrected chi connectivity index (χ4v) is 3.62. The van der Waals surface area contributed by atoms with Gasteiger partial charge in [-0.25, -0.2) is 4.79 Å². The summed E-state index contributed by atoms with van der Waals surface area (Å²) in [6.45, 7) is 0.469. The van der Waals surface area contributed by atoms with Crippen molar-refractivity contribution in [1.29, 1.82) is 0 Å². The molecule has 0 bridgehead atoms. The van der Waals surface area contributed by atoms with Crippen LogP contribution in [0.3, 0.4) is 0 Å². The van der Waals surface area contributed by atoms with Gasteiger partial charge in [0.05, 0.1) is 24.9 Å². The van der Waals surface area contributed by atoms with E-state index in [2.05, 4.69) is 0 Å². The standard InChI is InChI=1S/C27H28O7/c1-30-22-11-13-24(14-12-22)33-26-16-21(28)15-25(34-26)18-32-27(29)20-7-9-23(10-8-20)31-17-19-5-3-2-4-6-19/h2-14,21,25-26,28H,15-18H2,1H3/t21-,25-,26+/m0/s1. The second-order valence-corrected chi connectivity index (χ2v) is 8.00. The molecule has 3 atom stereocenters. The van der Waals surface area contributed by atoms with Crippen molar-refractivity contribution >= 4 is 5.97 Å². The van der Waals surface area contributed by atoms with Gasteiger partial charge in [0.15, 0.2) is 0 Å². The van der Waals surface area contributed by atoms with E-state index in [4.69, 9.17) is 23.7 Å². The minimum absolute atomic E-state index is 0.0185. The van der Waals surface area contributed by atoms with Gasteiger partial charge in [-0.05, 0) is 54.1 Å². The maximum absolute atomic E-state index is 12.5. The van der Waals surface area contributed by atoms with Crippen LogP contribution in [0, 0.1) is 0 Å². The summed E-state index contributed by atoms with van der Waals surface area (Å²) in [5.74, 6) is 1.52. The monoisotopic (exact) mass is 464 g/mol. The third-order valence-electron chi connectivity index (χ3n) is 5.41. The van der Waals surface area contributed by atoms with Gasteiger partial charge in [0, 0.05) is 12.8 Å². The summed E-state index contributed by atoms with van der Waals surface area (Å²) in [5, 5.41) is 10.2. The van der Waals surface area contributed by atoms with E-state index < -0.39 is 24.5 Å². The first-order valence-electron chi connectivity index (χ1n) is 11.2. The molecule has 1 N–H and O–H groups in total. The molecule has 0 saturated carbocycles. The van der Waals surface area contributed by atoms with E-state index in [0.29, 0.717) is 36.5 Å². The Hall–Kier alpha value is -3.55. The molecule has 0 unspecified atom stereocenters. The number of benzene rings is 3. The summed E-state index contributed by atoms with van der Waals surface area (Å²) in [5.41, 5.74) is 1.48. The zero-order valence-corrected chi connectivity index (χ0v) is 19.0. The Balaban J connectivity index is 1.25. The molecule has 0 radical (unpaired) electrons. The number of aliphatic hydroxyl groups excluding tert-OH is 1. The maximum Gasteiger partial charge on any atom is 0.338 e. The van der Waals surface area contributed by atoms with Crippen molar-refractivity contribution in [3.63, 3.8) is 0 Å². The van der Waals surface area contributed by atoms with Crippen molar-refractivity contribution in [3.8, 4) is 17.2 Å². The summed E-state index contributed by atoms with van der Waals surface area (Å²) >= 11 is 0. The predicted octanol–water partition coefficient (Wildman–Crippen LogP) is 4.38. The van der Waals surface area contributed by atoms with Crippen LogP contribution >= 0.6 is 0 Å². The molecule has 1 fully saturated rings. The van der Waals surface area contributed by atoms with E-state index in [0.717, 1.165) is 11.3 Å². The maximum atomic E-state index is 12.5. The summed E-state index contributed by atoms with van der Waals surface area (Å²) in [4.78, 5) is 12.5. The van der Waals surface area contributed by atoms with Gasteiger partial charge in [-0.2, -0.15) is 0 Å². The molecule has 178 valence electrons. The van der Waals surface area contributed by atoms with Crippen molar-refractivity contribution in [2.75, 3.05) is 13.7 Å². The smallest absolute Gasteiger partial charge is 0.338 e. The molecule has 3 aromatic rings. The molecular formula is C27H28O7. The lowest BCUT2D eigenvalue weighted by atomic mass is 10.1. The van der Waals surface area contributed by atoms with E-state index in [9.17, 15) is 9.90 Å². The highest BCUT2D eigenvalue weighted by Gasteiger charge is 2.30. The van der Waals surface area contributed by atoms with Crippen LogP contribution in [0.4, 0.5) is 0 Å². The van der Waals surface area contributed by atoms with Gasteiger partial charge in [0.25, 0.3) is 0 Å². The molecule has 0 amide bonds. The molecule has 1 saturated heterocycles. The fraction of sp³-hybridized carbons (Fsp3) is 0.296. The minimum Gasteiger partial charge on any atom is -0.497 e. The van der Waals surface area contributed by atoms with E-state index in [-0.39, 0.29) is 6.61 Å². The largest absolute Gasteiger partial charge is 0.497 e. The van der Waals surface area contributed by atoms with Crippen molar-refractivity contribution in [1.82, 2.24) is 0 Å². The number of hydrogen-bond acceptors (Lipinski definition) is 7. The zero-order valence-electron chi connectivity index (χ0n) is 19.0. The van der Waals surface area contributed by atoms with Gasteiger partial charge in [0.2, 0.25) is 6.29 Å². The molecule has 0 aromatic heterocycles. The van der Waals surface area contributed by atoms with Crippen molar-refractivity contribution in [2.24, 2.45) is 0 Å². The lowest BCUT2D eigenvalue weighted by Gasteiger charge is -2.32. The van der Waals surface area contributed by atoms with E-state index >= 15 is 0 Å². The number of methoxy groups -OCH3 is 1. The van der Waals surface area contributed by atoms with Gasteiger partial charge in [-0.3, -0.25) is 0 Å². The number of ether oxygens (including phenoxy) is 5. The average Bonchev–Trinajstić information content (AvgIpc) is 2.87. The van der Waals surface area contributed by atoms with Gasteiger partial charge < -0.3 is 28.8 Å². The second-order valence-electron chi connectivity index (χ2n) is 8.00. The number of carbonyl (C=O) groups is 1. The molecule has 7 nitrogen and oxygen atoms in total. The molecule has 1 aliphatic rings. The van der Waals surface area contributed by atoms with Crippen LogP contribution < -0.4 is 14.2 Å². The third kappa shape index (κ3) is 6.73. The molecular weight excluding hydrogens is 436 g/mol. The molecule has 4 rings (SSSR count). The Morgan fingerprint density at radius 2 is 1.59 bits per heavy atom. The molecule has 1 aliphatic heterocycles. The van der Waals surface area contributed by atoms with Crippen LogP contribution in [0.2, 0.25) is 0 Å². The quantitative estimate of drug-likeness (QED) is 0.471. The van der Waals surface area contributed by atoms with Crippen LogP contribution in [0.1, 0.15) is 28.8 Å². The van der Waals surface area contributed by atoms with Crippen molar-refractivity contribution < 1.29 is 33.6 Å². The Morgan fingerprint density at radius 1 is 0.912 bits per heavy atom. The second kappa shape index (κ2) is 11.5. The molecule has 3 aromatic carbocycles. The topological polar surface area (TPSA) is 83.5 Å². The number of rotatable bonds is 9. The third-order valence-corrected chi connectivity index (χ3v) is 5.41. The fourth-order valence-electron chi connectivity index (χ4n) is 3.62. The Kier molecular flexibility index (Phi) is 8.01. The summed E-state index contributed by atoms with van der Waals surface area (Å²) in [6, 6.07) is 23.7. The summed E-state index contributed by atoms with van der Waals surface area (Å²) < 4.78 is 28.0. The van der Waals surface area contributed by atoms with Gasteiger partial charge in [-0.15, -0.1) is 0 Å². The Labute approximate surface area is 198 Å². The van der Waals surface area contributed by atoms with E-state index in [1.54, 1.807) is 55.6 Å². The molecule has 0 aliphatic carbocycles. The highest BCUT2D eigenvalue weighted by Crippen LogP contribution is 2.25. The summed E-state index contributed by atoms with van der Waals surface area (Å²) in [7, 11) is 1.59. The van der Waals surface area contributed by atoms with E-state index in [1.807, 2.05) is 30.3 Å². The SMILES string of the molecule is COc1ccc(O[C@H]2C[C@@H](O)C[C@@H](COC(=O)c3ccc(OCc4ccccc4)cc3)O2)cc1. The Morgan fingerprint density at radius 3 is 2.29 bits per heavy atom. The molecule has 1 heterocycles. The van der Waals surface area contributed by atoms with Gasteiger partial charge in [-0.1, -0.05) is 30.3 Å². The lowest BCUT2D eigenvalue weighted by Crippen LogP contribution is -2.41. The first-order chi connectivity index (χ1) is 16.6. The first-order valence-corrected chi connectivity index (χ1v) is 11.2. The van der Waals surface area contributed by atoms with Crippen LogP contribution in [0.5, 0.6) is 17.2 Å². The molecule has 7 heteroatoms. The van der Waals surface area contributed by atoms with Crippen LogP contribution in [0.25, 0.3) is 0 Å². The van der Waals surface area contributed by atoms with Crippen molar-refractivity contribution in [3.05, 3.63) is 90.0 Å².